The molecule has 0 radical (unpaired) electrons. The van der Waals surface area contributed by atoms with Crippen LogP contribution >= 0.6 is 0 Å². The second kappa shape index (κ2) is 7.01. The summed E-state index contributed by atoms with van der Waals surface area (Å²) in [5.74, 6) is 0.976. The van der Waals surface area contributed by atoms with Crippen molar-refractivity contribution in [3.05, 3.63) is 52.3 Å². The number of ether oxygens (including phenoxy) is 1. The molecule has 1 aromatic carbocycles. The number of furan rings is 1. The minimum atomic E-state index is -4.69. The van der Waals surface area contributed by atoms with E-state index in [2.05, 4.69) is 14.5 Å². The molecule has 0 bridgehead atoms. The number of fused-ring (bicyclic) bond motifs is 1. The number of alkyl halides is 3. The molecule has 2 unspecified atom stereocenters. The van der Waals surface area contributed by atoms with Crippen LogP contribution < -0.4 is 9.64 Å². The summed E-state index contributed by atoms with van der Waals surface area (Å²) >= 11 is 0. The van der Waals surface area contributed by atoms with Gasteiger partial charge in [-0.1, -0.05) is 0 Å². The Hall–Kier alpha value is -2.75. The van der Waals surface area contributed by atoms with Crippen LogP contribution in [0.2, 0.25) is 0 Å². The lowest BCUT2D eigenvalue weighted by Crippen LogP contribution is -2.28. The number of anilines is 1. The lowest BCUT2D eigenvalue weighted by Gasteiger charge is -2.23. The van der Waals surface area contributed by atoms with Gasteiger partial charge in [-0.3, -0.25) is 15.0 Å². The Kier molecular flexibility index (Phi) is 4.66. The first-order valence-corrected chi connectivity index (χ1v) is 8.83. The van der Waals surface area contributed by atoms with Gasteiger partial charge in [0.2, 0.25) is 0 Å². The Morgan fingerprint density at radius 3 is 2.25 bits per heavy atom. The van der Waals surface area contributed by atoms with E-state index in [0.717, 1.165) is 31.9 Å². The first-order chi connectivity index (χ1) is 13.3. The third-order valence-electron chi connectivity index (χ3n) is 5.20. The third kappa shape index (κ3) is 4.06. The number of likely N-dealkylation sites (tertiary alicyclic amines) is 1. The molecule has 3 heterocycles. The van der Waals surface area contributed by atoms with Crippen LogP contribution in [0.5, 0.6) is 5.75 Å². The quantitative estimate of drug-likeness (QED) is 0.567. The average Bonchev–Trinajstić information content (AvgIpc) is 3.29. The van der Waals surface area contributed by atoms with Crippen LogP contribution in [-0.4, -0.2) is 42.4 Å². The second-order valence-electron chi connectivity index (χ2n) is 7.16. The molecule has 0 saturated carbocycles. The van der Waals surface area contributed by atoms with E-state index in [4.69, 9.17) is 4.42 Å². The maximum absolute atomic E-state index is 12.3. The highest BCUT2D eigenvalue weighted by atomic mass is 19.4. The molecular formula is C18H18F3N3O4. The molecule has 0 amide bonds. The number of benzene rings is 1. The van der Waals surface area contributed by atoms with Crippen molar-refractivity contribution in [3.63, 3.8) is 0 Å². The van der Waals surface area contributed by atoms with Crippen LogP contribution in [0.15, 0.2) is 40.8 Å². The van der Waals surface area contributed by atoms with Gasteiger partial charge in [0.25, 0.3) is 0 Å². The van der Waals surface area contributed by atoms with E-state index in [0.29, 0.717) is 24.1 Å². The maximum Gasteiger partial charge on any atom is 0.573 e. The van der Waals surface area contributed by atoms with E-state index in [1.165, 1.54) is 18.2 Å². The predicted molar refractivity (Wildman–Crippen MR) is 93.0 cm³/mol. The molecule has 150 valence electrons. The summed E-state index contributed by atoms with van der Waals surface area (Å²) in [4.78, 5) is 14.5. The fourth-order valence-corrected chi connectivity index (χ4v) is 4.06. The van der Waals surface area contributed by atoms with Crippen molar-refractivity contribution < 1.29 is 27.2 Å². The molecule has 2 fully saturated rings. The Balaban J connectivity index is 1.32. The fraction of sp³-hybridized carbons (Fsp3) is 0.444. The highest BCUT2D eigenvalue weighted by molar-refractivity contribution is 5.50. The van der Waals surface area contributed by atoms with Crippen LogP contribution in [0.4, 0.5) is 24.7 Å². The highest BCUT2D eigenvalue weighted by Crippen LogP contribution is 2.35. The van der Waals surface area contributed by atoms with Gasteiger partial charge in [0.1, 0.15) is 16.4 Å². The Morgan fingerprint density at radius 1 is 1.07 bits per heavy atom. The van der Waals surface area contributed by atoms with Crippen LogP contribution in [-0.2, 0) is 6.54 Å². The van der Waals surface area contributed by atoms with Gasteiger partial charge in [-0.15, -0.1) is 13.2 Å². The van der Waals surface area contributed by atoms with E-state index >= 15 is 0 Å². The van der Waals surface area contributed by atoms with Gasteiger partial charge in [-0.2, -0.15) is 0 Å². The molecule has 2 saturated heterocycles. The zero-order chi connectivity index (χ0) is 19.9. The molecule has 2 aliphatic heterocycles. The number of nitro groups is 1. The Bertz CT molecular complexity index is 839. The topological polar surface area (TPSA) is 72.0 Å². The maximum atomic E-state index is 12.3. The predicted octanol–water partition coefficient (Wildman–Crippen LogP) is 3.65. The molecule has 0 aliphatic carbocycles. The largest absolute Gasteiger partial charge is 0.573 e. The normalized spacial score (nSPS) is 22.5. The number of hydrogen-bond donors (Lipinski definition) is 0. The van der Waals surface area contributed by atoms with Gasteiger partial charge in [0.05, 0.1) is 12.6 Å². The van der Waals surface area contributed by atoms with Gasteiger partial charge in [-0.25, -0.2) is 0 Å². The van der Waals surface area contributed by atoms with Gasteiger partial charge in [0, 0.05) is 31.9 Å². The standard InChI is InChI=1S/C18H18F3N3O4/c19-18(20,21)28-15-3-1-14(2-4-15)23-9-12-7-22(8-13(12)10-23)11-16-5-6-17(27-16)24(25)26/h1-6,12-13H,7-11H2. The average molecular weight is 397 g/mol. The zero-order valence-corrected chi connectivity index (χ0v) is 14.8. The van der Waals surface area contributed by atoms with Crippen molar-refractivity contribution in [2.45, 2.75) is 12.9 Å². The van der Waals surface area contributed by atoms with E-state index < -0.39 is 11.3 Å². The van der Waals surface area contributed by atoms with E-state index in [1.807, 2.05) is 0 Å². The van der Waals surface area contributed by atoms with Crippen LogP contribution in [0.3, 0.4) is 0 Å². The third-order valence-corrected chi connectivity index (χ3v) is 5.20. The van der Waals surface area contributed by atoms with Crippen molar-refractivity contribution in [1.82, 2.24) is 4.90 Å². The minimum absolute atomic E-state index is 0.227. The first kappa shape index (κ1) is 18.6. The molecule has 0 spiro atoms. The molecule has 4 rings (SSSR count). The van der Waals surface area contributed by atoms with Crippen LogP contribution in [0.1, 0.15) is 5.76 Å². The summed E-state index contributed by atoms with van der Waals surface area (Å²) in [5.41, 5.74) is 0.872. The molecule has 10 heteroatoms. The van der Waals surface area contributed by atoms with Crippen LogP contribution in [0.25, 0.3) is 0 Å². The summed E-state index contributed by atoms with van der Waals surface area (Å²) in [6.45, 7) is 3.87. The Labute approximate surface area is 158 Å². The van der Waals surface area contributed by atoms with Gasteiger partial charge < -0.3 is 14.1 Å². The highest BCUT2D eigenvalue weighted by Gasteiger charge is 2.40. The van der Waals surface area contributed by atoms with Gasteiger partial charge >= 0.3 is 12.2 Å². The second-order valence-corrected chi connectivity index (χ2v) is 7.16. The lowest BCUT2D eigenvalue weighted by molar-refractivity contribution is -0.402. The summed E-state index contributed by atoms with van der Waals surface area (Å²) < 4.78 is 45.9. The lowest BCUT2D eigenvalue weighted by atomic mass is 10.0. The first-order valence-electron chi connectivity index (χ1n) is 8.83. The number of nitrogens with zero attached hydrogens (tertiary/aromatic N) is 3. The molecular weight excluding hydrogens is 379 g/mol. The molecule has 2 atom stereocenters. The molecule has 2 aliphatic rings. The van der Waals surface area contributed by atoms with Crippen LogP contribution in [0, 0.1) is 22.0 Å². The van der Waals surface area contributed by atoms with Crippen molar-refractivity contribution in [1.29, 1.82) is 0 Å². The zero-order valence-electron chi connectivity index (χ0n) is 14.8. The van der Waals surface area contributed by atoms with Gasteiger partial charge in [0.15, 0.2) is 0 Å². The number of rotatable bonds is 5. The van der Waals surface area contributed by atoms with Crippen molar-refractivity contribution in [2.24, 2.45) is 11.8 Å². The summed E-state index contributed by atoms with van der Waals surface area (Å²) in [6.07, 6.45) is -4.69. The van der Waals surface area contributed by atoms with Crippen molar-refractivity contribution >= 4 is 11.6 Å². The minimum Gasteiger partial charge on any atom is -0.406 e. The molecule has 7 nitrogen and oxygen atoms in total. The van der Waals surface area contributed by atoms with Crippen molar-refractivity contribution in [2.75, 3.05) is 31.1 Å². The smallest absolute Gasteiger partial charge is 0.406 e. The molecule has 2 aromatic rings. The van der Waals surface area contributed by atoms with E-state index in [9.17, 15) is 23.3 Å². The SMILES string of the molecule is O=[N+]([O-])c1ccc(CN2CC3CN(c4ccc(OC(F)(F)F)cc4)CC3C2)o1. The van der Waals surface area contributed by atoms with Crippen molar-refractivity contribution in [3.8, 4) is 5.75 Å². The number of halogens is 3. The van der Waals surface area contributed by atoms with E-state index in [-0.39, 0.29) is 11.6 Å². The van der Waals surface area contributed by atoms with E-state index in [1.54, 1.807) is 18.2 Å². The summed E-state index contributed by atoms with van der Waals surface area (Å²) in [6, 6.07) is 8.92. The summed E-state index contributed by atoms with van der Waals surface area (Å²) in [5, 5.41) is 10.7. The Morgan fingerprint density at radius 2 is 1.71 bits per heavy atom. The molecule has 1 aromatic heterocycles. The number of hydrogen-bond acceptors (Lipinski definition) is 6. The molecule has 0 N–H and O–H groups in total. The fourth-order valence-electron chi connectivity index (χ4n) is 4.06. The summed E-state index contributed by atoms with van der Waals surface area (Å²) in [7, 11) is 0. The molecule has 28 heavy (non-hydrogen) atoms. The van der Waals surface area contributed by atoms with Gasteiger partial charge in [-0.05, 0) is 42.2 Å². The monoisotopic (exact) mass is 397 g/mol.